The summed E-state index contributed by atoms with van der Waals surface area (Å²) >= 11 is 7.30. The van der Waals surface area contributed by atoms with E-state index in [1.165, 1.54) is 11.3 Å². The van der Waals surface area contributed by atoms with Gasteiger partial charge in [-0.1, -0.05) is 18.5 Å². The number of halogens is 2. The van der Waals surface area contributed by atoms with Gasteiger partial charge in [-0.15, -0.1) is 23.7 Å². The van der Waals surface area contributed by atoms with Crippen LogP contribution in [0.15, 0.2) is 12.1 Å². The second-order valence-electron chi connectivity index (χ2n) is 2.87. The predicted molar refractivity (Wildman–Crippen MR) is 66.8 cm³/mol. The molecule has 0 aliphatic heterocycles. The standard InChI is InChI=1S/C9H13ClN2OS.ClH/c1-2-6(12-9(13)5-11)7-3-4-8(10)14-7;/h3-4,6H,2,5,11H2,1H3,(H,12,13);1H. The minimum Gasteiger partial charge on any atom is -0.347 e. The molecule has 15 heavy (non-hydrogen) atoms. The summed E-state index contributed by atoms with van der Waals surface area (Å²) in [6, 6.07) is 3.79. The number of carbonyl (C=O) groups is 1. The van der Waals surface area contributed by atoms with Gasteiger partial charge < -0.3 is 11.1 Å². The van der Waals surface area contributed by atoms with E-state index in [0.717, 1.165) is 15.6 Å². The molecule has 1 aromatic heterocycles. The lowest BCUT2D eigenvalue weighted by Gasteiger charge is -2.14. The minimum atomic E-state index is -0.138. The van der Waals surface area contributed by atoms with Crippen LogP contribution in [0.1, 0.15) is 24.3 Å². The second kappa shape index (κ2) is 7.06. The number of thiophene rings is 1. The Hall–Kier alpha value is -0.290. The largest absolute Gasteiger partial charge is 0.347 e. The molecule has 3 N–H and O–H groups in total. The van der Waals surface area contributed by atoms with Gasteiger partial charge in [0.25, 0.3) is 0 Å². The van der Waals surface area contributed by atoms with Crippen LogP contribution < -0.4 is 11.1 Å². The lowest BCUT2D eigenvalue weighted by molar-refractivity contribution is -0.120. The third-order valence-electron chi connectivity index (χ3n) is 1.87. The van der Waals surface area contributed by atoms with Crippen LogP contribution in [0.2, 0.25) is 4.34 Å². The van der Waals surface area contributed by atoms with Gasteiger partial charge in [0.2, 0.25) is 5.91 Å². The van der Waals surface area contributed by atoms with Crippen LogP contribution in [0.4, 0.5) is 0 Å². The molecule has 86 valence electrons. The van der Waals surface area contributed by atoms with Crippen molar-refractivity contribution >= 4 is 41.3 Å². The molecule has 1 heterocycles. The van der Waals surface area contributed by atoms with Crippen molar-refractivity contribution in [2.75, 3.05) is 6.54 Å². The maximum absolute atomic E-state index is 11.1. The molecule has 1 aromatic rings. The number of hydrogen-bond acceptors (Lipinski definition) is 3. The average molecular weight is 269 g/mol. The van der Waals surface area contributed by atoms with Crippen LogP contribution in [0.3, 0.4) is 0 Å². The fraction of sp³-hybridized carbons (Fsp3) is 0.444. The number of amides is 1. The molecule has 0 bridgehead atoms. The van der Waals surface area contributed by atoms with E-state index >= 15 is 0 Å². The zero-order chi connectivity index (χ0) is 10.6. The molecule has 1 atom stereocenters. The van der Waals surface area contributed by atoms with Crippen LogP contribution in [0.25, 0.3) is 0 Å². The summed E-state index contributed by atoms with van der Waals surface area (Å²) in [5.41, 5.74) is 5.22. The normalized spacial score (nSPS) is 11.7. The summed E-state index contributed by atoms with van der Waals surface area (Å²) in [6.45, 7) is 2.03. The van der Waals surface area contributed by atoms with E-state index in [2.05, 4.69) is 5.32 Å². The smallest absolute Gasteiger partial charge is 0.234 e. The molecule has 0 aliphatic rings. The lowest BCUT2D eigenvalue weighted by atomic mass is 10.2. The molecule has 0 saturated carbocycles. The monoisotopic (exact) mass is 268 g/mol. The highest BCUT2D eigenvalue weighted by Gasteiger charge is 2.13. The van der Waals surface area contributed by atoms with Crippen LogP contribution in [-0.4, -0.2) is 12.5 Å². The van der Waals surface area contributed by atoms with E-state index in [9.17, 15) is 4.79 Å². The van der Waals surface area contributed by atoms with Gasteiger partial charge in [0.05, 0.1) is 16.9 Å². The number of rotatable bonds is 4. The number of nitrogens with one attached hydrogen (secondary N) is 1. The molecule has 0 aliphatic carbocycles. The van der Waals surface area contributed by atoms with Gasteiger partial charge in [-0.25, -0.2) is 0 Å². The average Bonchev–Trinajstić information content (AvgIpc) is 2.60. The summed E-state index contributed by atoms with van der Waals surface area (Å²) in [4.78, 5) is 12.2. The van der Waals surface area contributed by atoms with Gasteiger partial charge in [-0.05, 0) is 18.6 Å². The Balaban J connectivity index is 0.00000196. The Labute approximate surface area is 104 Å². The van der Waals surface area contributed by atoms with Gasteiger partial charge in [0, 0.05) is 4.88 Å². The minimum absolute atomic E-state index is 0. The van der Waals surface area contributed by atoms with Crippen LogP contribution in [0, 0.1) is 0 Å². The van der Waals surface area contributed by atoms with E-state index in [-0.39, 0.29) is 30.9 Å². The summed E-state index contributed by atoms with van der Waals surface area (Å²) in [5, 5.41) is 2.83. The van der Waals surface area contributed by atoms with Crippen LogP contribution in [-0.2, 0) is 4.79 Å². The Kier molecular flexibility index (Phi) is 6.92. The Morgan fingerprint density at radius 1 is 1.67 bits per heavy atom. The molecule has 0 spiro atoms. The molecular weight excluding hydrogens is 255 g/mol. The van der Waals surface area contributed by atoms with E-state index in [1.807, 2.05) is 19.1 Å². The molecule has 0 aromatic carbocycles. The van der Waals surface area contributed by atoms with Crippen molar-refractivity contribution in [2.24, 2.45) is 5.73 Å². The van der Waals surface area contributed by atoms with Gasteiger partial charge in [0.15, 0.2) is 0 Å². The zero-order valence-electron chi connectivity index (χ0n) is 8.33. The molecule has 0 radical (unpaired) electrons. The predicted octanol–water partition coefficient (Wildman–Crippen LogP) is 2.35. The third-order valence-corrected chi connectivity index (χ3v) is 3.21. The topological polar surface area (TPSA) is 55.1 Å². The van der Waals surface area contributed by atoms with Gasteiger partial charge >= 0.3 is 0 Å². The molecule has 6 heteroatoms. The quantitative estimate of drug-likeness (QED) is 0.881. The maximum atomic E-state index is 11.1. The van der Waals surface area contributed by atoms with E-state index in [0.29, 0.717) is 0 Å². The molecule has 0 saturated heterocycles. The third kappa shape index (κ3) is 4.38. The van der Waals surface area contributed by atoms with Crippen molar-refractivity contribution in [3.8, 4) is 0 Å². The first-order valence-electron chi connectivity index (χ1n) is 4.42. The number of hydrogen-bond donors (Lipinski definition) is 2. The van der Waals surface area contributed by atoms with E-state index < -0.39 is 0 Å². The Morgan fingerprint density at radius 2 is 2.33 bits per heavy atom. The Bertz CT molecular complexity index is 317. The Morgan fingerprint density at radius 3 is 2.73 bits per heavy atom. The fourth-order valence-corrected chi connectivity index (χ4v) is 2.34. The first kappa shape index (κ1) is 14.7. The van der Waals surface area contributed by atoms with Crippen molar-refractivity contribution < 1.29 is 4.79 Å². The summed E-state index contributed by atoms with van der Waals surface area (Å²) in [7, 11) is 0. The highest BCUT2D eigenvalue weighted by Crippen LogP contribution is 2.28. The molecule has 1 rings (SSSR count). The lowest BCUT2D eigenvalue weighted by Crippen LogP contribution is -2.33. The molecule has 1 amide bonds. The van der Waals surface area contributed by atoms with Crippen LogP contribution in [0.5, 0.6) is 0 Å². The summed E-state index contributed by atoms with van der Waals surface area (Å²) in [5.74, 6) is -0.138. The first-order valence-corrected chi connectivity index (χ1v) is 5.61. The van der Waals surface area contributed by atoms with Crippen molar-refractivity contribution in [1.82, 2.24) is 5.32 Å². The van der Waals surface area contributed by atoms with E-state index in [4.69, 9.17) is 17.3 Å². The second-order valence-corrected chi connectivity index (χ2v) is 4.62. The number of nitrogens with two attached hydrogens (primary N) is 1. The van der Waals surface area contributed by atoms with E-state index in [1.54, 1.807) is 0 Å². The zero-order valence-corrected chi connectivity index (χ0v) is 10.7. The van der Waals surface area contributed by atoms with Crippen molar-refractivity contribution in [3.63, 3.8) is 0 Å². The molecule has 3 nitrogen and oxygen atoms in total. The van der Waals surface area contributed by atoms with Gasteiger partial charge in [-0.3, -0.25) is 4.79 Å². The molecule has 0 fully saturated rings. The van der Waals surface area contributed by atoms with Gasteiger partial charge in [0.1, 0.15) is 0 Å². The summed E-state index contributed by atoms with van der Waals surface area (Å²) < 4.78 is 0.737. The fourth-order valence-electron chi connectivity index (χ4n) is 1.14. The van der Waals surface area contributed by atoms with Crippen molar-refractivity contribution in [2.45, 2.75) is 19.4 Å². The number of carbonyl (C=O) groups excluding carboxylic acids is 1. The first-order chi connectivity index (χ1) is 6.67. The molecular formula is C9H14Cl2N2OS. The maximum Gasteiger partial charge on any atom is 0.234 e. The van der Waals surface area contributed by atoms with Crippen molar-refractivity contribution in [3.05, 3.63) is 21.3 Å². The highest BCUT2D eigenvalue weighted by molar-refractivity contribution is 7.16. The van der Waals surface area contributed by atoms with Crippen LogP contribution >= 0.6 is 35.3 Å². The highest BCUT2D eigenvalue weighted by atomic mass is 35.5. The SMILES string of the molecule is CCC(NC(=O)CN)c1ccc(Cl)s1.Cl. The van der Waals surface area contributed by atoms with Crippen molar-refractivity contribution in [1.29, 1.82) is 0 Å². The summed E-state index contributed by atoms with van der Waals surface area (Å²) in [6.07, 6.45) is 0.836. The molecule has 1 unspecified atom stereocenters. The van der Waals surface area contributed by atoms with Gasteiger partial charge in [-0.2, -0.15) is 0 Å².